The highest BCUT2D eigenvalue weighted by atomic mass is 32.1. The van der Waals surface area contributed by atoms with Crippen molar-refractivity contribution in [3.63, 3.8) is 0 Å². The zero-order valence-corrected chi connectivity index (χ0v) is 13.4. The van der Waals surface area contributed by atoms with Crippen LogP contribution in [-0.2, 0) is 10.2 Å². The SMILES string of the molecule is C[C@@H](Oc1ccccc1)C(=O)Nc1nnc(C(C)(C)C)s1. The highest BCUT2D eigenvalue weighted by Crippen LogP contribution is 2.27. The number of para-hydroxylation sites is 1. The lowest BCUT2D eigenvalue weighted by atomic mass is 9.98. The largest absolute Gasteiger partial charge is 0.481 e. The molecule has 0 unspecified atom stereocenters. The van der Waals surface area contributed by atoms with Crippen molar-refractivity contribution < 1.29 is 9.53 Å². The molecule has 1 aromatic heterocycles. The summed E-state index contributed by atoms with van der Waals surface area (Å²) in [6.45, 7) is 7.87. The number of benzene rings is 1. The summed E-state index contributed by atoms with van der Waals surface area (Å²) in [6, 6.07) is 9.24. The molecule has 0 bridgehead atoms. The van der Waals surface area contributed by atoms with E-state index in [1.807, 2.05) is 30.3 Å². The molecule has 0 saturated carbocycles. The predicted molar refractivity (Wildman–Crippen MR) is 83.8 cm³/mol. The molecular formula is C15H19N3O2S. The molecule has 0 fully saturated rings. The van der Waals surface area contributed by atoms with Gasteiger partial charge in [-0.1, -0.05) is 50.3 Å². The number of amides is 1. The lowest BCUT2D eigenvalue weighted by molar-refractivity contribution is -0.122. The summed E-state index contributed by atoms with van der Waals surface area (Å²) in [6.07, 6.45) is -0.602. The Bertz CT molecular complexity index is 605. The zero-order chi connectivity index (χ0) is 15.5. The van der Waals surface area contributed by atoms with Crippen molar-refractivity contribution in [3.05, 3.63) is 35.3 Å². The Morgan fingerprint density at radius 2 is 1.90 bits per heavy atom. The van der Waals surface area contributed by atoms with E-state index < -0.39 is 6.10 Å². The maximum absolute atomic E-state index is 12.1. The Balaban J connectivity index is 1.96. The van der Waals surface area contributed by atoms with E-state index in [2.05, 4.69) is 36.3 Å². The molecule has 0 radical (unpaired) electrons. The van der Waals surface area contributed by atoms with Gasteiger partial charge in [0.25, 0.3) is 5.91 Å². The summed E-state index contributed by atoms with van der Waals surface area (Å²) in [4.78, 5) is 12.1. The van der Waals surface area contributed by atoms with Gasteiger partial charge in [0.15, 0.2) is 6.10 Å². The fourth-order valence-electron chi connectivity index (χ4n) is 1.54. The number of ether oxygens (including phenoxy) is 1. The van der Waals surface area contributed by atoms with Crippen LogP contribution in [0.2, 0.25) is 0 Å². The molecule has 0 aliphatic rings. The van der Waals surface area contributed by atoms with Gasteiger partial charge < -0.3 is 4.74 Å². The van der Waals surface area contributed by atoms with Crippen LogP contribution in [0.4, 0.5) is 5.13 Å². The van der Waals surface area contributed by atoms with Crippen molar-refractivity contribution in [1.82, 2.24) is 10.2 Å². The second kappa shape index (κ2) is 6.22. The van der Waals surface area contributed by atoms with E-state index >= 15 is 0 Å². The third kappa shape index (κ3) is 4.26. The first kappa shape index (κ1) is 15.4. The summed E-state index contributed by atoms with van der Waals surface area (Å²) in [5.74, 6) is 0.420. The van der Waals surface area contributed by atoms with Crippen LogP contribution >= 0.6 is 11.3 Å². The van der Waals surface area contributed by atoms with E-state index in [1.54, 1.807) is 6.92 Å². The number of hydrogen-bond acceptors (Lipinski definition) is 5. The topological polar surface area (TPSA) is 64.1 Å². The fourth-order valence-corrected chi connectivity index (χ4v) is 2.34. The van der Waals surface area contributed by atoms with Gasteiger partial charge in [-0.3, -0.25) is 10.1 Å². The number of rotatable bonds is 4. The van der Waals surface area contributed by atoms with Gasteiger partial charge in [0.1, 0.15) is 10.8 Å². The molecular weight excluding hydrogens is 286 g/mol. The Hall–Kier alpha value is -1.95. The Morgan fingerprint density at radius 1 is 1.24 bits per heavy atom. The third-order valence-corrected chi connectivity index (χ3v) is 3.99. The molecule has 1 aromatic carbocycles. The zero-order valence-electron chi connectivity index (χ0n) is 12.6. The highest BCUT2D eigenvalue weighted by Gasteiger charge is 2.21. The van der Waals surface area contributed by atoms with Crippen LogP contribution in [0.25, 0.3) is 0 Å². The molecule has 2 rings (SSSR count). The van der Waals surface area contributed by atoms with E-state index in [1.165, 1.54) is 11.3 Å². The molecule has 2 aromatic rings. The third-order valence-electron chi connectivity index (χ3n) is 2.72. The van der Waals surface area contributed by atoms with Gasteiger partial charge in [0, 0.05) is 5.41 Å². The van der Waals surface area contributed by atoms with Crippen molar-refractivity contribution in [3.8, 4) is 5.75 Å². The Kier molecular flexibility index (Phi) is 4.57. The summed E-state index contributed by atoms with van der Waals surface area (Å²) in [5.41, 5.74) is -0.0766. The average molecular weight is 305 g/mol. The van der Waals surface area contributed by atoms with Crippen LogP contribution in [0.5, 0.6) is 5.75 Å². The van der Waals surface area contributed by atoms with Crippen LogP contribution < -0.4 is 10.1 Å². The first-order chi connectivity index (χ1) is 9.86. The van der Waals surface area contributed by atoms with E-state index in [4.69, 9.17) is 4.74 Å². The second-order valence-corrected chi connectivity index (χ2v) is 6.70. The van der Waals surface area contributed by atoms with E-state index in [0.717, 1.165) is 5.01 Å². The maximum atomic E-state index is 12.1. The molecule has 1 N–H and O–H groups in total. The van der Waals surface area contributed by atoms with Gasteiger partial charge in [-0.2, -0.15) is 0 Å². The van der Waals surface area contributed by atoms with E-state index in [9.17, 15) is 4.79 Å². The lowest BCUT2D eigenvalue weighted by Crippen LogP contribution is -2.30. The number of aromatic nitrogens is 2. The summed E-state index contributed by atoms with van der Waals surface area (Å²) < 4.78 is 5.57. The average Bonchev–Trinajstić information content (AvgIpc) is 2.88. The van der Waals surface area contributed by atoms with E-state index in [0.29, 0.717) is 10.9 Å². The van der Waals surface area contributed by atoms with Crippen LogP contribution in [-0.4, -0.2) is 22.2 Å². The van der Waals surface area contributed by atoms with Crippen molar-refractivity contribution >= 4 is 22.4 Å². The minimum Gasteiger partial charge on any atom is -0.481 e. The number of nitrogens with zero attached hydrogens (tertiary/aromatic N) is 2. The number of carbonyl (C=O) groups is 1. The molecule has 21 heavy (non-hydrogen) atoms. The number of hydrogen-bond donors (Lipinski definition) is 1. The predicted octanol–water partition coefficient (Wildman–Crippen LogP) is 3.24. The van der Waals surface area contributed by atoms with Crippen molar-refractivity contribution in [2.45, 2.75) is 39.2 Å². The minimum atomic E-state index is -0.602. The summed E-state index contributed by atoms with van der Waals surface area (Å²) in [7, 11) is 0. The Morgan fingerprint density at radius 3 is 2.48 bits per heavy atom. The van der Waals surface area contributed by atoms with Crippen LogP contribution in [0, 0.1) is 0 Å². The van der Waals surface area contributed by atoms with Crippen LogP contribution in [0.15, 0.2) is 30.3 Å². The van der Waals surface area contributed by atoms with Gasteiger partial charge in [0.05, 0.1) is 0 Å². The number of nitrogens with one attached hydrogen (secondary N) is 1. The highest BCUT2D eigenvalue weighted by molar-refractivity contribution is 7.15. The fraction of sp³-hybridized carbons (Fsp3) is 0.400. The monoisotopic (exact) mass is 305 g/mol. The number of anilines is 1. The smallest absolute Gasteiger partial charge is 0.266 e. The van der Waals surface area contributed by atoms with Gasteiger partial charge >= 0.3 is 0 Å². The van der Waals surface area contributed by atoms with Gasteiger partial charge in [-0.15, -0.1) is 10.2 Å². The molecule has 1 amide bonds. The van der Waals surface area contributed by atoms with Crippen LogP contribution in [0.3, 0.4) is 0 Å². The lowest BCUT2D eigenvalue weighted by Gasteiger charge is -2.13. The standard InChI is InChI=1S/C15H19N3O2S/c1-10(20-11-8-6-5-7-9-11)12(19)16-14-18-17-13(21-14)15(2,3)4/h5-10H,1-4H3,(H,16,18,19)/t10-/m1/s1. The molecule has 5 nitrogen and oxygen atoms in total. The second-order valence-electron chi connectivity index (χ2n) is 5.72. The number of carbonyl (C=O) groups excluding carboxylic acids is 1. The quantitative estimate of drug-likeness (QED) is 0.942. The van der Waals surface area contributed by atoms with Crippen molar-refractivity contribution in [2.75, 3.05) is 5.32 Å². The first-order valence-electron chi connectivity index (χ1n) is 6.73. The Labute approximate surface area is 128 Å². The normalized spacial score (nSPS) is 12.8. The molecule has 1 heterocycles. The van der Waals surface area contributed by atoms with Gasteiger partial charge in [-0.25, -0.2) is 0 Å². The van der Waals surface area contributed by atoms with Crippen molar-refractivity contribution in [2.24, 2.45) is 0 Å². The van der Waals surface area contributed by atoms with E-state index in [-0.39, 0.29) is 11.3 Å². The molecule has 0 saturated heterocycles. The molecule has 1 atom stereocenters. The van der Waals surface area contributed by atoms with Gasteiger partial charge in [-0.05, 0) is 19.1 Å². The molecule has 6 heteroatoms. The minimum absolute atomic E-state index is 0.0766. The van der Waals surface area contributed by atoms with Crippen molar-refractivity contribution in [1.29, 1.82) is 0 Å². The summed E-state index contributed by atoms with van der Waals surface area (Å²) >= 11 is 1.38. The molecule has 0 aliphatic heterocycles. The molecule has 0 spiro atoms. The molecule has 112 valence electrons. The van der Waals surface area contributed by atoms with Crippen LogP contribution in [0.1, 0.15) is 32.7 Å². The molecule has 0 aliphatic carbocycles. The summed E-state index contributed by atoms with van der Waals surface area (Å²) in [5, 5.41) is 12.2. The maximum Gasteiger partial charge on any atom is 0.266 e. The van der Waals surface area contributed by atoms with Gasteiger partial charge in [0.2, 0.25) is 5.13 Å². The first-order valence-corrected chi connectivity index (χ1v) is 7.54.